The van der Waals surface area contributed by atoms with Gasteiger partial charge in [-0.1, -0.05) is 0 Å². The fourth-order valence-corrected chi connectivity index (χ4v) is 3.03. The summed E-state index contributed by atoms with van der Waals surface area (Å²) in [4.78, 5) is 33.2. The number of H-pyrrole nitrogens is 1. The highest BCUT2D eigenvalue weighted by Crippen LogP contribution is 2.30. The van der Waals surface area contributed by atoms with Crippen LogP contribution in [0, 0.1) is 0 Å². The van der Waals surface area contributed by atoms with Gasteiger partial charge in [0.25, 0.3) is 5.56 Å². The number of benzene rings is 1. The second kappa shape index (κ2) is 7.27. The molecule has 0 atom stereocenters. The summed E-state index contributed by atoms with van der Waals surface area (Å²) in [5.74, 6) is 0.355. The molecule has 0 spiro atoms. The zero-order valence-corrected chi connectivity index (χ0v) is 16.3. The number of pyridine rings is 1. The Kier molecular flexibility index (Phi) is 4.63. The summed E-state index contributed by atoms with van der Waals surface area (Å²) in [7, 11) is 3.29. The second-order valence-corrected chi connectivity index (χ2v) is 6.52. The predicted molar refractivity (Wildman–Crippen MR) is 109 cm³/mol. The molecule has 0 aliphatic carbocycles. The van der Waals surface area contributed by atoms with Crippen LogP contribution in [0.2, 0.25) is 0 Å². The minimum atomic E-state index is -0.501. The van der Waals surface area contributed by atoms with Gasteiger partial charge in [-0.2, -0.15) is 5.10 Å². The maximum absolute atomic E-state index is 12.1. The first-order valence-corrected chi connectivity index (χ1v) is 9.09. The van der Waals surface area contributed by atoms with E-state index in [1.165, 1.54) is 9.47 Å². The van der Waals surface area contributed by atoms with Crippen molar-refractivity contribution in [1.29, 1.82) is 0 Å². The van der Waals surface area contributed by atoms with Crippen LogP contribution in [0.15, 0.2) is 53.7 Å². The zero-order chi connectivity index (χ0) is 20.5. The van der Waals surface area contributed by atoms with Gasteiger partial charge in [0.15, 0.2) is 0 Å². The third-order valence-electron chi connectivity index (χ3n) is 4.61. The van der Waals surface area contributed by atoms with Crippen LogP contribution in [-0.4, -0.2) is 44.1 Å². The quantitative estimate of drug-likeness (QED) is 0.576. The number of nitrogens with one attached hydrogen (secondary N) is 1. The summed E-state index contributed by atoms with van der Waals surface area (Å²) in [6.07, 6.45) is 4.72. The van der Waals surface area contributed by atoms with E-state index in [1.54, 1.807) is 44.2 Å². The van der Waals surface area contributed by atoms with E-state index < -0.39 is 6.09 Å². The Morgan fingerprint density at radius 2 is 2.07 bits per heavy atom. The monoisotopic (exact) mass is 392 g/mol. The topological polar surface area (TPSA) is 98.0 Å². The van der Waals surface area contributed by atoms with Crippen LogP contribution in [-0.2, 0) is 11.8 Å². The molecule has 1 aromatic carbocycles. The highest BCUT2D eigenvalue weighted by Gasteiger charge is 2.19. The van der Waals surface area contributed by atoms with E-state index in [2.05, 4.69) is 15.1 Å². The molecule has 0 aliphatic heterocycles. The van der Waals surface area contributed by atoms with Gasteiger partial charge in [-0.05, 0) is 42.3 Å². The maximum Gasteiger partial charge on any atom is 0.416 e. The van der Waals surface area contributed by atoms with Gasteiger partial charge < -0.3 is 14.3 Å². The number of hydrogen-bond acceptors (Lipinski definition) is 5. The van der Waals surface area contributed by atoms with E-state index in [0.29, 0.717) is 17.0 Å². The van der Waals surface area contributed by atoms with Gasteiger partial charge in [0.2, 0.25) is 5.95 Å². The van der Waals surface area contributed by atoms with Crippen molar-refractivity contribution in [2.75, 3.05) is 18.6 Å². The number of carbonyl (C=O) groups is 1. The molecule has 148 valence electrons. The number of rotatable bonds is 4. The van der Waals surface area contributed by atoms with Crippen LogP contribution in [0.5, 0.6) is 0 Å². The van der Waals surface area contributed by atoms with Crippen molar-refractivity contribution < 1.29 is 9.53 Å². The molecule has 0 unspecified atom stereocenters. The third-order valence-corrected chi connectivity index (χ3v) is 4.61. The van der Waals surface area contributed by atoms with Gasteiger partial charge in [-0.15, -0.1) is 0 Å². The van der Waals surface area contributed by atoms with Gasteiger partial charge in [0, 0.05) is 38.8 Å². The van der Waals surface area contributed by atoms with E-state index >= 15 is 0 Å². The minimum absolute atomic E-state index is 0.104. The lowest BCUT2D eigenvalue weighted by molar-refractivity contribution is 0.161. The largest absolute Gasteiger partial charge is 0.449 e. The lowest BCUT2D eigenvalue weighted by Gasteiger charge is -2.12. The van der Waals surface area contributed by atoms with E-state index in [9.17, 15) is 9.59 Å². The Balaban J connectivity index is 1.90. The number of aryl methyl sites for hydroxylation is 1. The Labute approximate surface area is 166 Å². The predicted octanol–water partition coefficient (Wildman–Crippen LogP) is 2.71. The standard InChI is InChI=1S/C20H20N6O3/c1-4-29-20(28)25(3)19-22-15-10-14(13-6-9-24(2)17(27)12-13)11-16(18(15)23-19)26-8-5-7-21-26/h5-12H,4H2,1-3H3,(H,22,23). The molecule has 0 radical (unpaired) electrons. The molecule has 1 N–H and O–H groups in total. The molecular formula is C20H20N6O3. The summed E-state index contributed by atoms with van der Waals surface area (Å²) in [6, 6.07) is 9.06. The average Bonchev–Trinajstić information content (AvgIpc) is 3.38. The summed E-state index contributed by atoms with van der Waals surface area (Å²) in [6.45, 7) is 2.02. The molecule has 0 saturated heterocycles. The average molecular weight is 392 g/mol. The number of amides is 1. The zero-order valence-electron chi connectivity index (χ0n) is 16.3. The van der Waals surface area contributed by atoms with E-state index in [4.69, 9.17) is 4.74 Å². The lowest BCUT2D eigenvalue weighted by Crippen LogP contribution is -2.27. The lowest BCUT2D eigenvalue weighted by atomic mass is 10.1. The molecule has 0 aliphatic rings. The molecule has 0 fully saturated rings. The molecule has 4 aromatic rings. The molecule has 4 rings (SSSR count). The Bertz CT molecular complexity index is 1240. The molecule has 9 nitrogen and oxygen atoms in total. The molecule has 0 saturated carbocycles. The highest BCUT2D eigenvalue weighted by molar-refractivity contribution is 5.93. The smallest absolute Gasteiger partial charge is 0.416 e. The molecule has 9 heteroatoms. The SMILES string of the molecule is CCOC(=O)N(C)c1nc2cc(-c3ccn(C)c(=O)c3)cc(-n3cccn3)c2[nH]1. The summed E-state index contributed by atoms with van der Waals surface area (Å²) in [5, 5.41) is 4.32. The molecule has 3 heterocycles. The number of carbonyl (C=O) groups excluding carboxylic acids is 1. The van der Waals surface area contributed by atoms with E-state index in [1.807, 2.05) is 30.5 Å². The van der Waals surface area contributed by atoms with Crippen LogP contribution < -0.4 is 10.5 Å². The number of imidazole rings is 1. The number of fused-ring (bicyclic) bond motifs is 1. The summed E-state index contributed by atoms with van der Waals surface area (Å²) >= 11 is 0. The van der Waals surface area contributed by atoms with Gasteiger partial charge in [0.05, 0.1) is 23.3 Å². The van der Waals surface area contributed by atoms with Crippen LogP contribution in [0.25, 0.3) is 27.8 Å². The number of aromatic amines is 1. The van der Waals surface area contributed by atoms with Crippen LogP contribution in [0.4, 0.5) is 10.7 Å². The van der Waals surface area contributed by atoms with Crippen molar-refractivity contribution in [3.05, 3.63) is 59.3 Å². The fraction of sp³-hybridized carbons (Fsp3) is 0.200. The molecule has 3 aromatic heterocycles. The minimum Gasteiger partial charge on any atom is -0.449 e. The van der Waals surface area contributed by atoms with Crippen LogP contribution >= 0.6 is 0 Å². The number of hydrogen-bond donors (Lipinski definition) is 1. The number of aromatic nitrogens is 5. The number of ether oxygens (including phenoxy) is 1. The summed E-state index contributed by atoms with van der Waals surface area (Å²) < 4.78 is 8.27. The van der Waals surface area contributed by atoms with Crippen molar-refractivity contribution in [3.63, 3.8) is 0 Å². The Morgan fingerprint density at radius 1 is 1.24 bits per heavy atom. The first-order valence-electron chi connectivity index (χ1n) is 9.09. The van der Waals surface area contributed by atoms with Gasteiger partial charge in [-0.25, -0.2) is 14.5 Å². The fourth-order valence-electron chi connectivity index (χ4n) is 3.03. The van der Waals surface area contributed by atoms with Gasteiger partial charge in [0.1, 0.15) is 0 Å². The first kappa shape index (κ1) is 18.5. The Hall–Kier alpha value is -3.88. The first-order chi connectivity index (χ1) is 14.0. The van der Waals surface area contributed by atoms with E-state index in [-0.39, 0.29) is 12.2 Å². The maximum atomic E-state index is 12.1. The van der Waals surface area contributed by atoms with Crippen molar-refractivity contribution in [2.24, 2.45) is 7.05 Å². The van der Waals surface area contributed by atoms with Crippen molar-refractivity contribution in [1.82, 2.24) is 24.3 Å². The normalized spacial score (nSPS) is 11.0. The van der Waals surface area contributed by atoms with Crippen molar-refractivity contribution in [2.45, 2.75) is 6.92 Å². The molecular weight excluding hydrogens is 372 g/mol. The molecule has 29 heavy (non-hydrogen) atoms. The molecule has 1 amide bonds. The van der Waals surface area contributed by atoms with Crippen LogP contribution in [0.1, 0.15) is 6.92 Å². The second-order valence-electron chi connectivity index (χ2n) is 6.52. The van der Waals surface area contributed by atoms with Gasteiger partial charge >= 0.3 is 6.09 Å². The van der Waals surface area contributed by atoms with E-state index in [0.717, 1.165) is 16.8 Å². The highest BCUT2D eigenvalue weighted by atomic mass is 16.6. The number of anilines is 1. The van der Waals surface area contributed by atoms with Gasteiger partial charge in [-0.3, -0.25) is 9.69 Å². The van der Waals surface area contributed by atoms with Crippen molar-refractivity contribution >= 4 is 23.1 Å². The third kappa shape index (κ3) is 3.38. The van der Waals surface area contributed by atoms with Crippen LogP contribution in [0.3, 0.4) is 0 Å². The molecule has 0 bridgehead atoms. The summed E-state index contributed by atoms with van der Waals surface area (Å²) in [5.41, 5.74) is 3.59. The number of nitrogens with zero attached hydrogens (tertiary/aromatic N) is 5. The van der Waals surface area contributed by atoms with Crippen molar-refractivity contribution in [3.8, 4) is 16.8 Å². The Morgan fingerprint density at radius 3 is 2.76 bits per heavy atom.